The zero-order chi connectivity index (χ0) is 9.10. The van der Waals surface area contributed by atoms with Crippen molar-refractivity contribution in [1.29, 1.82) is 0 Å². The summed E-state index contributed by atoms with van der Waals surface area (Å²) >= 11 is 0. The van der Waals surface area contributed by atoms with Crippen LogP contribution in [0.1, 0.15) is 12.8 Å². The van der Waals surface area contributed by atoms with E-state index in [4.69, 9.17) is 0 Å². The lowest BCUT2D eigenvalue weighted by Crippen LogP contribution is -2.35. The Bertz CT molecular complexity index is 283. The molecule has 1 fully saturated rings. The van der Waals surface area contributed by atoms with Gasteiger partial charge in [-0.2, -0.15) is 5.21 Å². The first-order chi connectivity index (χ1) is 6.36. The predicted molar refractivity (Wildman–Crippen MR) is 51.1 cm³/mol. The number of aromatic amines is 1. The van der Waals surface area contributed by atoms with Crippen molar-refractivity contribution < 1.29 is 4.79 Å². The van der Waals surface area contributed by atoms with Crippen molar-refractivity contribution >= 4 is 24.3 Å². The van der Waals surface area contributed by atoms with Gasteiger partial charge in [0, 0.05) is 0 Å². The number of hydrogen-bond donors (Lipinski definition) is 3. The van der Waals surface area contributed by atoms with Crippen LogP contribution in [0.5, 0.6) is 0 Å². The molecule has 0 aromatic carbocycles. The van der Waals surface area contributed by atoms with Gasteiger partial charge >= 0.3 is 0 Å². The molecule has 0 unspecified atom stereocenters. The second-order valence-electron chi connectivity index (χ2n) is 2.87. The van der Waals surface area contributed by atoms with Crippen molar-refractivity contribution in [3.8, 4) is 0 Å². The van der Waals surface area contributed by atoms with Crippen LogP contribution in [0.15, 0.2) is 0 Å². The summed E-state index contributed by atoms with van der Waals surface area (Å²) in [5, 5.41) is 18.4. The number of halogens is 1. The van der Waals surface area contributed by atoms with Gasteiger partial charge in [-0.1, -0.05) is 5.10 Å². The van der Waals surface area contributed by atoms with Gasteiger partial charge in [0.05, 0.1) is 6.04 Å². The Balaban J connectivity index is 0.000000980. The van der Waals surface area contributed by atoms with Crippen LogP contribution in [0.2, 0.25) is 0 Å². The number of H-pyrrole nitrogens is 1. The largest absolute Gasteiger partial charge is 0.306 e. The molecule has 1 aromatic heterocycles. The first-order valence-corrected chi connectivity index (χ1v) is 4.14. The molecule has 0 aliphatic carbocycles. The molecule has 7 nitrogen and oxygen atoms in total. The summed E-state index contributed by atoms with van der Waals surface area (Å²) in [6.07, 6.45) is 1.90. The van der Waals surface area contributed by atoms with E-state index in [-0.39, 0.29) is 30.3 Å². The van der Waals surface area contributed by atoms with Crippen LogP contribution in [-0.4, -0.2) is 39.1 Å². The molecule has 1 aromatic rings. The van der Waals surface area contributed by atoms with Gasteiger partial charge in [-0.05, 0) is 24.6 Å². The highest BCUT2D eigenvalue weighted by Crippen LogP contribution is 2.06. The Morgan fingerprint density at radius 1 is 1.57 bits per heavy atom. The number of carbonyl (C=O) groups excluding carboxylic acids is 1. The second kappa shape index (κ2) is 4.87. The number of nitrogens with zero attached hydrogens (tertiary/aromatic N) is 3. The summed E-state index contributed by atoms with van der Waals surface area (Å²) in [6, 6.07) is -0.113. The third-order valence-electron chi connectivity index (χ3n) is 1.96. The number of rotatable bonds is 2. The molecule has 1 saturated heterocycles. The number of aromatic nitrogens is 4. The van der Waals surface area contributed by atoms with Crippen molar-refractivity contribution in [3.05, 3.63) is 0 Å². The summed E-state index contributed by atoms with van der Waals surface area (Å²) < 4.78 is 0. The average molecular weight is 219 g/mol. The molecule has 3 N–H and O–H groups in total. The molecule has 0 spiro atoms. The van der Waals surface area contributed by atoms with E-state index in [0.29, 0.717) is 0 Å². The minimum atomic E-state index is -0.113. The predicted octanol–water partition coefficient (Wildman–Crippen LogP) is -0.688. The molecule has 1 atom stereocenters. The summed E-state index contributed by atoms with van der Waals surface area (Å²) in [7, 11) is 0. The van der Waals surface area contributed by atoms with Crippen LogP contribution in [0, 0.1) is 0 Å². The van der Waals surface area contributed by atoms with Crippen LogP contribution in [-0.2, 0) is 4.79 Å². The number of hydrogen-bond acceptors (Lipinski definition) is 5. The highest BCUT2D eigenvalue weighted by Gasteiger charge is 2.22. The Morgan fingerprint density at radius 3 is 3.00 bits per heavy atom. The van der Waals surface area contributed by atoms with Crippen LogP contribution < -0.4 is 10.6 Å². The quantitative estimate of drug-likeness (QED) is 0.611. The summed E-state index contributed by atoms with van der Waals surface area (Å²) in [6.45, 7) is 0.893. The first kappa shape index (κ1) is 10.9. The lowest BCUT2D eigenvalue weighted by atomic mass is 10.2. The van der Waals surface area contributed by atoms with Gasteiger partial charge in [0.25, 0.3) is 5.95 Å². The average Bonchev–Trinajstić information content (AvgIpc) is 2.74. The number of tetrazole rings is 1. The minimum absolute atomic E-state index is 0. The Morgan fingerprint density at radius 2 is 2.43 bits per heavy atom. The van der Waals surface area contributed by atoms with Gasteiger partial charge in [0.15, 0.2) is 0 Å². The van der Waals surface area contributed by atoms with Crippen LogP contribution in [0.25, 0.3) is 0 Å². The normalized spacial score (nSPS) is 20.1. The zero-order valence-electron chi connectivity index (χ0n) is 7.36. The van der Waals surface area contributed by atoms with E-state index in [1.165, 1.54) is 0 Å². The maximum atomic E-state index is 11.4. The maximum Gasteiger partial charge on any atom is 0.269 e. The molecule has 8 heteroatoms. The van der Waals surface area contributed by atoms with Gasteiger partial charge in [-0.3, -0.25) is 10.1 Å². The maximum absolute atomic E-state index is 11.4. The Labute approximate surface area is 86.4 Å². The molecule has 0 saturated carbocycles. The number of carbonyl (C=O) groups is 1. The fourth-order valence-corrected chi connectivity index (χ4v) is 1.32. The monoisotopic (exact) mass is 218 g/mol. The van der Waals surface area contributed by atoms with E-state index in [2.05, 4.69) is 31.3 Å². The van der Waals surface area contributed by atoms with E-state index in [1.54, 1.807) is 0 Å². The molecule has 78 valence electrons. The molecule has 1 aliphatic heterocycles. The van der Waals surface area contributed by atoms with E-state index in [9.17, 15) is 4.79 Å². The van der Waals surface area contributed by atoms with Gasteiger partial charge in [0.1, 0.15) is 0 Å². The van der Waals surface area contributed by atoms with Gasteiger partial charge in [-0.25, -0.2) is 0 Å². The lowest BCUT2D eigenvalue weighted by Gasteiger charge is -2.07. The van der Waals surface area contributed by atoms with Crippen molar-refractivity contribution in [1.82, 2.24) is 25.9 Å². The third kappa shape index (κ3) is 2.39. The second-order valence-corrected chi connectivity index (χ2v) is 2.87. The molecule has 2 heterocycles. The molecule has 14 heavy (non-hydrogen) atoms. The number of amides is 1. The molecule has 1 amide bonds. The zero-order valence-corrected chi connectivity index (χ0v) is 8.17. The Kier molecular flexibility index (Phi) is 3.78. The number of anilines is 1. The molecule has 2 rings (SSSR count). The summed E-state index contributed by atoms with van der Waals surface area (Å²) in [5.41, 5.74) is 0. The van der Waals surface area contributed by atoms with Crippen LogP contribution in [0.4, 0.5) is 5.95 Å². The van der Waals surface area contributed by atoms with E-state index in [0.717, 1.165) is 19.4 Å². The van der Waals surface area contributed by atoms with Gasteiger partial charge in [-0.15, -0.1) is 17.5 Å². The van der Waals surface area contributed by atoms with Crippen molar-refractivity contribution in [3.63, 3.8) is 0 Å². The fourth-order valence-electron chi connectivity index (χ4n) is 1.32. The highest BCUT2D eigenvalue weighted by atomic mass is 35.5. The third-order valence-corrected chi connectivity index (χ3v) is 1.96. The van der Waals surface area contributed by atoms with Crippen molar-refractivity contribution in [2.45, 2.75) is 18.9 Å². The SMILES string of the molecule is Cl.O=C(Nc1nn[nH]n1)[C@@H]1CCCN1. The summed E-state index contributed by atoms with van der Waals surface area (Å²) in [4.78, 5) is 11.4. The fraction of sp³-hybridized carbons (Fsp3) is 0.667. The first-order valence-electron chi connectivity index (χ1n) is 4.14. The molecule has 1 aliphatic rings. The highest BCUT2D eigenvalue weighted by molar-refractivity contribution is 5.93. The van der Waals surface area contributed by atoms with Crippen molar-refractivity contribution in [2.24, 2.45) is 0 Å². The smallest absolute Gasteiger partial charge is 0.269 e. The minimum Gasteiger partial charge on any atom is -0.306 e. The number of nitrogens with one attached hydrogen (secondary N) is 3. The van der Waals surface area contributed by atoms with Gasteiger partial charge in [0.2, 0.25) is 5.91 Å². The Hall–Kier alpha value is -1.21. The van der Waals surface area contributed by atoms with Gasteiger partial charge < -0.3 is 5.32 Å². The lowest BCUT2D eigenvalue weighted by molar-refractivity contribution is -0.117. The summed E-state index contributed by atoms with van der Waals surface area (Å²) in [5.74, 6) is 0.123. The van der Waals surface area contributed by atoms with Crippen molar-refractivity contribution in [2.75, 3.05) is 11.9 Å². The van der Waals surface area contributed by atoms with E-state index in [1.807, 2.05) is 0 Å². The standard InChI is InChI=1S/C6H10N6O.ClH/c13-5(4-2-1-3-7-4)8-6-9-11-12-10-6;/h4,7H,1-3H2,(H2,8,9,10,11,12,13);1H/t4-;/m0./s1. The van der Waals surface area contributed by atoms with Crippen LogP contribution in [0.3, 0.4) is 0 Å². The van der Waals surface area contributed by atoms with E-state index >= 15 is 0 Å². The molecular weight excluding hydrogens is 208 g/mol. The van der Waals surface area contributed by atoms with E-state index < -0.39 is 0 Å². The molecule has 0 bridgehead atoms. The molecule has 0 radical (unpaired) electrons. The topological polar surface area (TPSA) is 95.6 Å². The van der Waals surface area contributed by atoms with Crippen LogP contribution >= 0.6 is 12.4 Å². The molecular formula is C6H11ClN6O.